The highest BCUT2D eigenvalue weighted by molar-refractivity contribution is 7.13. The van der Waals surface area contributed by atoms with Gasteiger partial charge >= 0.3 is 5.97 Å². The van der Waals surface area contributed by atoms with Crippen LogP contribution in [0.4, 0.5) is 5.69 Å². The van der Waals surface area contributed by atoms with Gasteiger partial charge in [-0.05, 0) is 31.2 Å². The average Bonchev–Trinajstić information content (AvgIpc) is 3.22. The van der Waals surface area contributed by atoms with Gasteiger partial charge in [0.05, 0.1) is 24.4 Å². The van der Waals surface area contributed by atoms with E-state index in [-0.39, 0.29) is 18.9 Å². The van der Waals surface area contributed by atoms with Gasteiger partial charge in [0.1, 0.15) is 5.01 Å². The third-order valence-corrected chi connectivity index (χ3v) is 5.17. The minimum Gasteiger partial charge on any atom is -0.455 e. The number of rotatable bonds is 8. The number of pyridine rings is 1. The van der Waals surface area contributed by atoms with E-state index in [2.05, 4.69) is 15.3 Å². The number of aryl methyl sites for hydroxylation is 1. The summed E-state index contributed by atoms with van der Waals surface area (Å²) in [5.41, 5.74) is 3.01. The Balaban J connectivity index is 1.42. The molecule has 9 heteroatoms. The summed E-state index contributed by atoms with van der Waals surface area (Å²) in [6.45, 7) is 1.36. The second kappa shape index (κ2) is 10.4. The molecular weight excluding hydrogens is 416 g/mol. The van der Waals surface area contributed by atoms with E-state index < -0.39 is 18.5 Å². The fraction of sp³-hybridized carbons (Fsp3) is 0.227. The third-order valence-electron chi connectivity index (χ3n) is 4.26. The Kier molecular flexibility index (Phi) is 7.45. The molecule has 0 spiro atoms. The van der Waals surface area contributed by atoms with Crippen molar-refractivity contribution in [3.63, 3.8) is 0 Å². The van der Waals surface area contributed by atoms with E-state index in [0.29, 0.717) is 16.4 Å². The summed E-state index contributed by atoms with van der Waals surface area (Å²) in [6, 6.07) is 12.8. The van der Waals surface area contributed by atoms with E-state index in [1.165, 1.54) is 23.3 Å². The van der Waals surface area contributed by atoms with Crippen molar-refractivity contribution in [3.8, 4) is 10.7 Å². The number of aromatic nitrogens is 2. The lowest BCUT2D eigenvalue weighted by atomic mass is 10.2. The van der Waals surface area contributed by atoms with Gasteiger partial charge in [0.25, 0.3) is 5.91 Å². The molecule has 8 nitrogen and oxygen atoms in total. The highest BCUT2D eigenvalue weighted by Crippen LogP contribution is 2.21. The van der Waals surface area contributed by atoms with Crippen molar-refractivity contribution in [2.24, 2.45) is 0 Å². The summed E-state index contributed by atoms with van der Waals surface area (Å²) in [5, 5.41) is 5.18. The zero-order valence-electron chi connectivity index (χ0n) is 17.2. The van der Waals surface area contributed by atoms with Crippen molar-refractivity contribution in [3.05, 3.63) is 65.3 Å². The maximum atomic E-state index is 12.2. The molecule has 0 aliphatic rings. The molecule has 0 unspecified atom stereocenters. The van der Waals surface area contributed by atoms with Gasteiger partial charge in [-0.1, -0.05) is 23.8 Å². The van der Waals surface area contributed by atoms with Crippen LogP contribution in [0.5, 0.6) is 0 Å². The molecule has 160 valence electrons. The van der Waals surface area contributed by atoms with Crippen LogP contribution in [0.2, 0.25) is 0 Å². The first-order valence-electron chi connectivity index (χ1n) is 9.52. The lowest BCUT2D eigenvalue weighted by Gasteiger charge is -2.16. The Hall–Kier alpha value is -3.59. The lowest BCUT2D eigenvalue weighted by Crippen LogP contribution is -2.37. The van der Waals surface area contributed by atoms with Gasteiger partial charge in [0.2, 0.25) is 5.91 Å². The molecule has 3 aromatic rings. The number of anilines is 1. The Labute approximate surface area is 183 Å². The predicted octanol–water partition coefficient (Wildman–Crippen LogP) is 2.70. The van der Waals surface area contributed by atoms with Gasteiger partial charge in [-0.15, -0.1) is 11.3 Å². The molecule has 31 heavy (non-hydrogen) atoms. The number of carbonyl (C=O) groups excluding carboxylic acids is 3. The molecule has 3 rings (SSSR count). The number of hydrogen-bond donors (Lipinski definition) is 1. The number of esters is 1. The Morgan fingerprint density at radius 2 is 1.90 bits per heavy atom. The first kappa shape index (κ1) is 22.1. The Bertz CT molecular complexity index is 1050. The van der Waals surface area contributed by atoms with Gasteiger partial charge in [0.15, 0.2) is 6.61 Å². The number of ether oxygens (including phenoxy) is 1. The average molecular weight is 439 g/mol. The van der Waals surface area contributed by atoms with E-state index in [1.54, 1.807) is 23.7 Å². The number of likely N-dealkylation sites (N-methyl/N-ethyl adjacent to an activating group) is 1. The highest BCUT2D eigenvalue weighted by Gasteiger charge is 2.16. The second-order valence-corrected chi connectivity index (χ2v) is 7.72. The number of hydrogen-bond acceptors (Lipinski definition) is 7. The van der Waals surface area contributed by atoms with Crippen molar-refractivity contribution >= 4 is 34.8 Å². The quantitative estimate of drug-likeness (QED) is 0.543. The number of carbonyl (C=O) groups is 3. The number of amides is 2. The normalized spacial score (nSPS) is 10.4. The Morgan fingerprint density at radius 3 is 2.61 bits per heavy atom. The first-order valence-corrected chi connectivity index (χ1v) is 10.4. The van der Waals surface area contributed by atoms with Crippen molar-refractivity contribution in [1.29, 1.82) is 0 Å². The first-order chi connectivity index (χ1) is 14.9. The molecule has 0 atom stereocenters. The van der Waals surface area contributed by atoms with Gasteiger partial charge < -0.3 is 15.0 Å². The number of benzene rings is 1. The van der Waals surface area contributed by atoms with Crippen LogP contribution in [0.15, 0.2) is 54.0 Å². The number of nitrogens with one attached hydrogen (secondary N) is 1. The van der Waals surface area contributed by atoms with Crippen LogP contribution in [0.25, 0.3) is 10.7 Å². The molecular formula is C22H22N4O4S. The lowest BCUT2D eigenvalue weighted by molar-refractivity contribution is -0.151. The van der Waals surface area contributed by atoms with E-state index >= 15 is 0 Å². The molecule has 0 radical (unpaired) electrons. The predicted molar refractivity (Wildman–Crippen MR) is 117 cm³/mol. The van der Waals surface area contributed by atoms with Crippen LogP contribution >= 0.6 is 11.3 Å². The molecule has 0 aliphatic heterocycles. The molecule has 0 aliphatic carbocycles. The topological polar surface area (TPSA) is 101 Å². The van der Waals surface area contributed by atoms with Crippen molar-refractivity contribution < 1.29 is 19.1 Å². The fourth-order valence-corrected chi connectivity index (χ4v) is 3.38. The van der Waals surface area contributed by atoms with E-state index in [4.69, 9.17) is 4.74 Å². The molecule has 2 amide bonds. The number of thiazole rings is 1. The summed E-state index contributed by atoms with van der Waals surface area (Å²) >= 11 is 1.38. The summed E-state index contributed by atoms with van der Waals surface area (Å²) in [6.07, 6.45) is 1.63. The summed E-state index contributed by atoms with van der Waals surface area (Å²) in [5.74, 6) is -1.38. The molecule has 0 fully saturated rings. The fourth-order valence-electron chi connectivity index (χ4n) is 2.59. The summed E-state index contributed by atoms with van der Waals surface area (Å²) < 4.78 is 5.04. The van der Waals surface area contributed by atoms with Crippen molar-refractivity contribution in [2.45, 2.75) is 13.3 Å². The zero-order valence-corrected chi connectivity index (χ0v) is 18.0. The molecule has 0 saturated heterocycles. The molecule has 1 N–H and O–H groups in total. The largest absolute Gasteiger partial charge is 0.455 e. The highest BCUT2D eigenvalue weighted by atomic mass is 32.1. The van der Waals surface area contributed by atoms with E-state index in [9.17, 15) is 14.4 Å². The summed E-state index contributed by atoms with van der Waals surface area (Å²) in [7, 11) is 1.48. The monoisotopic (exact) mass is 438 g/mol. The van der Waals surface area contributed by atoms with Crippen LogP contribution < -0.4 is 5.32 Å². The van der Waals surface area contributed by atoms with Crippen LogP contribution in [-0.2, 0) is 25.5 Å². The van der Waals surface area contributed by atoms with Gasteiger partial charge in [-0.3, -0.25) is 19.4 Å². The molecule has 1 aromatic carbocycles. The van der Waals surface area contributed by atoms with Crippen molar-refractivity contribution in [2.75, 3.05) is 25.5 Å². The van der Waals surface area contributed by atoms with E-state index in [0.717, 1.165) is 11.3 Å². The smallest absolute Gasteiger partial charge is 0.312 e. The molecule has 0 bridgehead atoms. The van der Waals surface area contributed by atoms with Crippen molar-refractivity contribution in [1.82, 2.24) is 14.9 Å². The SMILES string of the molecule is Cc1ccc(NC(=O)CN(C)C(=O)COC(=O)Cc2csc(-c3ccccn3)n2)cc1. The van der Waals surface area contributed by atoms with Crippen LogP contribution in [0, 0.1) is 6.92 Å². The van der Waals surface area contributed by atoms with Gasteiger partial charge in [0, 0.05) is 24.3 Å². The van der Waals surface area contributed by atoms with Crippen LogP contribution in [0.1, 0.15) is 11.3 Å². The van der Waals surface area contributed by atoms with Gasteiger partial charge in [-0.25, -0.2) is 4.98 Å². The number of nitrogens with zero attached hydrogens (tertiary/aromatic N) is 3. The third kappa shape index (κ3) is 6.71. The zero-order chi connectivity index (χ0) is 22.2. The van der Waals surface area contributed by atoms with Crippen LogP contribution in [-0.4, -0.2) is 52.9 Å². The van der Waals surface area contributed by atoms with Gasteiger partial charge in [-0.2, -0.15) is 0 Å². The van der Waals surface area contributed by atoms with E-state index in [1.807, 2.05) is 37.3 Å². The standard InChI is InChI=1S/C22H22N4O4S/c1-15-6-8-16(9-7-15)24-19(27)12-26(2)20(28)13-30-21(29)11-17-14-31-22(25-17)18-5-3-4-10-23-18/h3-10,14H,11-13H2,1-2H3,(H,24,27). The second-order valence-electron chi connectivity index (χ2n) is 6.86. The maximum Gasteiger partial charge on any atom is 0.312 e. The molecule has 2 heterocycles. The molecule has 2 aromatic heterocycles. The Morgan fingerprint density at radius 1 is 1.13 bits per heavy atom. The minimum atomic E-state index is -0.566. The maximum absolute atomic E-state index is 12.2. The summed E-state index contributed by atoms with van der Waals surface area (Å²) in [4.78, 5) is 46.1. The molecule has 0 saturated carbocycles. The minimum absolute atomic E-state index is 0.0474. The van der Waals surface area contributed by atoms with Crippen LogP contribution in [0.3, 0.4) is 0 Å².